The van der Waals surface area contributed by atoms with Gasteiger partial charge in [0.2, 0.25) is 17.5 Å². The first kappa shape index (κ1) is 18.6. The fourth-order valence-electron chi connectivity index (χ4n) is 3.12. The van der Waals surface area contributed by atoms with E-state index in [4.69, 9.17) is 0 Å². The lowest BCUT2D eigenvalue weighted by Crippen LogP contribution is -2.26. The van der Waals surface area contributed by atoms with Crippen LogP contribution in [0, 0.1) is 10.1 Å². The van der Waals surface area contributed by atoms with Gasteiger partial charge in [0.1, 0.15) is 6.33 Å². The van der Waals surface area contributed by atoms with Gasteiger partial charge in [0.25, 0.3) is 0 Å². The first-order valence-corrected chi connectivity index (χ1v) is 8.93. The van der Waals surface area contributed by atoms with Crippen molar-refractivity contribution in [2.24, 2.45) is 0 Å². The Morgan fingerprint density at radius 1 is 1.07 bits per heavy atom. The van der Waals surface area contributed by atoms with E-state index in [9.17, 15) is 14.9 Å². The summed E-state index contributed by atoms with van der Waals surface area (Å²) in [6.45, 7) is 2.94. The summed E-state index contributed by atoms with van der Waals surface area (Å²) in [5.74, 6) is 0.347. The van der Waals surface area contributed by atoms with Gasteiger partial charge in [-0.1, -0.05) is 12.8 Å². The van der Waals surface area contributed by atoms with E-state index in [-0.39, 0.29) is 17.4 Å². The minimum atomic E-state index is -0.436. The molecular formula is C18H22N6O3. The Kier molecular flexibility index (Phi) is 5.80. The third kappa shape index (κ3) is 4.69. The fraction of sp³-hybridized carbons (Fsp3) is 0.389. The van der Waals surface area contributed by atoms with Crippen LogP contribution in [0.3, 0.4) is 0 Å². The van der Waals surface area contributed by atoms with Crippen molar-refractivity contribution in [1.29, 1.82) is 0 Å². The number of hydrogen-bond donors (Lipinski definition) is 2. The lowest BCUT2D eigenvalue weighted by Gasteiger charge is -2.21. The molecule has 1 aromatic carbocycles. The molecule has 0 saturated carbocycles. The van der Waals surface area contributed by atoms with Crippen LogP contribution in [0.25, 0.3) is 0 Å². The summed E-state index contributed by atoms with van der Waals surface area (Å²) < 4.78 is 0. The summed E-state index contributed by atoms with van der Waals surface area (Å²) in [7, 11) is 0. The third-order valence-corrected chi connectivity index (χ3v) is 4.36. The van der Waals surface area contributed by atoms with Crippen LogP contribution in [0.2, 0.25) is 0 Å². The zero-order valence-corrected chi connectivity index (χ0v) is 15.1. The topological polar surface area (TPSA) is 113 Å². The summed E-state index contributed by atoms with van der Waals surface area (Å²) in [6.07, 6.45) is 5.59. The summed E-state index contributed by atoms with van der Waals surface area (Å²) in [6, 6.07) is 6.88. The van der Waals surface area contributed by atoms with Gasteiger partial charge in [-0.2, -0.15) is 0 Å². The van der Waals surface area contributed by atoms with Crippen molar-refractivity contribution < 1.29 is 9.72 Å². The molecule has 1 fully saturated rings. The quantitative estimate of drug-likeness (QED) is 0.612. The molecule has 27 heavy (non-hydrogen) atoms. The number of amides is 1. The van der Waals surface area contributed by atoms with E-state index < -0.39 is 4.92 Å². The molecule has 0 unspecified atom stereocenters. The van der Waals surface area contributed by atoms with E-state index in [1.807, 2.05) is 4.90 Å². The number of aromatic nitrogens is 2. The molecule has 0 bridgehead atoms. The number of nitro groups is 1. The van der Waals surface area contributed by atoms with Gasteiger partial charge in [-0.25, -0.2) is 9.97 Å². The lowest BCUT2D eigenvalue weighted by molar-refractivity contribution is -0.383. The van der Waals surface area contributed by atoms with Gasteiger partial charge in [0.05, 0.1) is 4.92 Å². The van der Waals surface area contributed by atoms with E-state index in [0.717, 1.165) is 38.8 Å². The van der Waals surface area contributed by atoms with Crippen molar-refractivity contribution in [1.82, 2.24) is 9.97 Å². The second-order valence-corrected chi connectivity index (χ2v) is 6.44. The molecule has 1 saturated heterocycles. The van der Waals surface area contributed by atoms with Crippen molar-refractivity contribution in [2.75, 3.05) is 28.6 Å². The Bertz CT molecular complexity index is 816. The van der Waals surface area contributed by atoms with Crippen molar-refractivity contribution in [3.05, 3.63) is 40.7 Å². The van der Waals surface area contributed by atoms with E-state index in [0.29, 0.717) is 17.2 Å². The minimum Gasteiger partial charge on any atom is -0.351 e. The Labute approximate surface area is 157 Å². The smallest absolute Gasteiger partial charge is 0.351 e. The fourth-order valence-corrected chi connectivity index (χ4v) is 3.12. The van der Waals surface area contributed by atoms with Gasteiger partial charge in [-0.05, 0) is 37.1 Å². The maximum atomic E-state index is 11.7. The molecule has 1 aromatic heterocycles. The van der Waals surface area contributed by atoms with Gasteiger partial charge in [0.15, 0.2) is 0 Å². The average molecular weight is 370 g/mol. The lowest BCUT2D eigenvalue weighted by atomic mass is 10.2. The predicted molar refractivity (Wildman–Crippen MR) is 103 cm³/mol. The van der Waals surface area contributed by atoms with Crippen LogP contribution in [0.1, 0.15) is 32.6 Å². The highest BCUT2D eigenvalue weighted by molar-refractivity contribution is 5.89. The number of benzene rings is 1. The molecule has 142 valence electrons. The maximum absolute atomic E-state index is 11.7. The Hall–Kier alpha value is -3.23. The molecule has 1 aliphatic heterocycles. The molecule has 0 spiro atoms. The molecule has 9 nitrogen and oxygen atoms in total. The zero-order chi connectivity index (χ0) is 19.2. The monoisotopic (exact) mass is 370 g/mol. The molecule has 2 aromatic rings. The normalized spacial score (nSPS) is 14.3. The number of nitrogens with zero attached hydrogens (tertiary/aromatic N) is 4. The molecule has 0 aliphatic carbocycles. The minimum absolute atomic E-state index is 0.120. The summed E-state index contributed by atoms with van der Waals surface area (Å²) in [4.78, 5) is 32.7. The van der Waals surface area contributed by atoms with Crippen molar-refractivity contribution in [3.63, 3.8) is 0 Å². The highest BCUT2D eigenvalue weighted by Crippen LogP contribution is 2.34. The highest BCUT2D eigenvalue weighted by Gasteiger charge is 2.27. The number of carbonyl (C=O) groups is 1. The highest BCUT2D eigenvalue weighted by atomic mass is 16.6. The van der Waals surface area contributed by atoms with Crippen LogP contribution in [0.15, 0.2) is 30.6 Å². The number of anilines is 4. The summed E-state index contributed by atoms with van der Waals surface area (Å²) in [5, 5.41) is 17.4. The van der Waals surface area contributed by atoms with Crippen molar-refractivity contribution in [3.8, 4) is 0 Å². The van der Waals surface area contributed by atoms with E-state index in [1.165, 1.54) is 13.3 Å². The van der Waals surface area contributed by atoms with Gasteiger partial charge >= 0.3 is 5.69 Å². The van der Waals surface area contributed by atoms with Gasteiger partial charge in [-0.3, -0.25) is 14.9 Å². The molecule has 1 amide bonds. The molecule has 2 N–H and O–H groups in total. The zero-order valence-electron chi connectivity index (χ0n) is 15.1. The summed E-state index contributed by atoms with van der Waals surface area (Å²) in [5.41, 5.74) is 1.16. The second-order valence-electron chi connectivity index (χ2n) is 6.44. The van der Waals surface area contributed by atoms with Crippen LogP contribution < -0.4 is 15.5 Å². The van der Waals surface area contributed by atoms with Gasteiger partial charge in [0, 0.05) is 31.4 Å². The van der Waals surface area contributed by atoms with Crippen molar-refractivity contribution in [2.45, 2.75) is 32.6 Å². The van der Waals surface area contributed by atoms with Crippen LogP contribution >= 0.6 is 0 Å². The number of carbonyl (C=O) groups excluding carboxylic acids is 1. The van der Waals surface area contributed by atoms with E-state index in [1.54, 1.807) is 24.3 Å². The third-order valence-electron chi connectivity index (χ3n) is 4.36. The molecule has 0 atom stereocenters. The predicted octanol–water partition coefficient (Wildman–Crippen LogP) is 3.47. The van der Waals surface area contributed by atoms with Crippen LogP contribution in [-0.2, 0) is 4.79 Å². The van der Waals surface area contributed by atoms with Gasteiger partial charge in [-0.15, -0.1) is 0 Å². The molecule has 1 aliphatic rings. The Morgan fingerprint density at radius 3 is 2.30 bits per heavy atom. The van der Waals surface area contributed by atoms with Crippen LogP contribution in [0.5, 0.6) is 0 Å². The molecule has 2 heterocycles. The van der Waals surface area contributed by atoms with E-state index >= 15 is 0 Å². The summed E-state index contributed by atoms with van der Waals surface area (Å²) >= 11 is 0. The Morgan fingerprint density at radius 2 is 1.70 bits per heavy atom. The molecule has 3 rings (SSSR count). The second kappa shape index (κ2) is 8.43. The number of hydrogen-bond acceptors (Lipinski definition) is 7. The van der Waals surface area contributed by atoms with E-state index in [2.05, 4.69) is 20.6 Å². The first-order valence-electron chi connectivity index (χ1n) is 8.93. The molecule has 0 radical (unpaired) electrons. The maximum Gasteiger partial charge on any atom is 0.353 e. The van der Waals surface area contributed by atoms with Crippen molar-refractivity contribution >= 4 is 34.6 Å². The molecular weight excluding hydrogens is 348 g/mol. The van der Waals surface area contributed by atoms with Gasteiger partial charge < -0.3 is 15.5 Å². The SMILES string of the molecule is CC(=O)Nc1ccc(Nc2ncnc(N3CCCCCC3)c2[N+](=O)[O-])cc1. The number of rotatable bonds is 5. The average Bonchev–Trinajstić information content (AvgIpc) is 2.92. The Balaban J connectivity index is 1.87. The van der Waals surface area contributed by atoms with Crippen LogP contribution in [-0.4, -0.2) is 33.9 Å². The standard InChI is InChI=1S/C18H22N6O3/c1-13(25)21-14-6-8-15(9-7-14)22-17-16(24(26)27)18(20-12-19-17)23-10-4-2-3-5-11-23/h6-9,12H,2-5,10-11H2,1H3,(H,21,25)(H,19,20,22). The largest absolute Gasteiger partial charge is 0.353 e. The van der Waals surface area contributed by atoms with Crippen LogP contribution in [0.4, 0.5) is 28.7 Å². The number of nitrogens with one attached hydrogen (secondary N) is 2. The first-order chi connectivity index (χ1) is 13.0. The molecule has 9 heteroatoms.